The number of rotatable bonds is 7. The van der Waals surface area contributed by atoms with Gasteiger partial charge in [0.1, 0.15) is 0 Å². The van der Waals surface area contributed by atoms with E-state index in [9.17, 15) is 4.79 Å². The number of hydrogen-bond donors (Lipinski definition) is 2. The molecule has 1 amide bonds. The first-order valence-corrected chi connectivity index (χ1v) is 10.5. The second-order valence-corrected chi connectivity index (χ2v) is 8.99. The third-order valence-corrected chi connectivity index (χ3v) is 6.14. The fourth-order valence-corrected chi connectivity index (χ4v) is 4.48. The van der Waals surface area contributed by atoms with Crippen molar-refractivity contribution >= 4 is 63.0 Å². The summed E-state index contributed by atoms with van der Waals surface area (Å²) in [5.74, 6) is -0.168. The van der Waals surface area contributed by atoms with Crippen molar-refractivity contribution in [1.82, 2.24) is 10.2 Å². The number of anilines is 2. The molecule has 0 spiro atoms. The van der Waals surface area contributed by atoms with Gasteiger partial charge in [-0.05, 0) is 30.7 Å². The van der Waals surface area contributed by atoms with E-state index >= 15 is 0 Å². The van der Waals surface area contributed by atoms with Crippen molar-refractivity contribution < 1.29 is 4.79 Å². The van der Waals surface area contributed by atoms with Crippen LogP contribution in [0, 0.1) is 0 Å². The van der Waals surface area contributed by atoms with Crippen molar-refractivity contribution in [3.8, 4) is 0 Å². The highest BCUT2D eigenvalue weighted by atomic mass is 35.5. The molecule has 0 aliphatic carbocycles. The van der Waals surface area contributed by atoms with E-state index in [-0.39, 0.29) is 11.2 Å². The van der Waals surface area contributed by atoms with E-state index in [1.807, 2.05) is 37.3 Å². The van der Waals surface area contributed by atoms with E-state index in [0.717, 1.165) is 15.0 Å². The van der Waals surface area contributed by atoms with Crippen LogP contribution in [0.1, 0.15) is 12.5 Å². The molecule has 1 atom stereocenters. The zero-order chi connectivity index (χ0) is 19.2. The smallest absolute Gasteiger partial charge is 0.237 e. The quantitative estimate of drug-likeness (QED) is 0.471. The van der Waals surface area contributed by atoms with E-state index in [4.69, 9.17) is 23.2 Å². The van der Waals surface area contributed by atoms with Gasteiger partial charge >= 0.3 is 0 Å². The van der Waals surface area contributed by atoms with Crippen LogP contribution in [0.3, 0.4) is 0 Å². The maximum atomic E-state index is 12.4. The maximum absolute atomic E-state index is 12.4. The molecule has 0 aliphatic rings. The second-order valence-electron chi connectivity index (χ2n) is 5.59. The number of carbonyl (C=O) groups excluding carboxylic acids is 1. The van der Waals surface area contributed by atoms with E-state index in [1.165, 1.54) is 23.1 Å². The van der Waals surface area contributed by atoms with Gasteiger partial charge in [-0.15, -0.1) is 10.2 Å². The molecule has 0 saturated heterocycles. The molecule has 5 nitrogen and oxygen atoms in total. The lowest BCUT2D eigenvalue weighted by molar-refractivity contribution is -0.115. The monoisotopic (exact) mass is 438 g/mol. The Morgan fingerprint density at radius 2 is 1.96 bits per heavy atom. The minimum atomic E-state index is -0.355. The van der Waals surface area contributed by atoms with Crippen molar-refractivity contribution in [2.24, 2.45) is 0 Å². The third-order valence-electron chi connectivity index (χ3n) is 3.53. The van der Waals surface area contributed by atoms with Crippen LogP contribution < -0.4 is 10.6 Å². The zero-order valence-corrected chi connectivity index (χ0v) is 17.4. The molecule has 9 heteroatoms. The number of halogens is 2. The zero-order valence-electron chi connectivity index (χ0n) is 14.3. The van der Waals surface area contributed by atoms with Gasteiger partial charge < -0.3 is 10.6 Å². The molecule has 2 N–H and O–H groups in total. The molecule has 0 aliphatic heterocycles. The normalized spacial score (nSPS) is 11.8. The Hall–Kier alpha value is -1.80. The lowest BCUT2D eigenvalue weighted by Gasteiger charge is -2.11. The first kappa shape index (κ1) is 19.9. The van der Waals surface area contributed by atoms with E-state index < -0.39 is 0 Å². The minimum Gasteiger partial charge on any atom is -0.356 e. The van der Waals surface area contributed by atoms with Crippen LogP contribution >= 0.6 is 46.3 Å². The summed E-state index contributed by atoms with van der Waals surface area (Å²) >= 11 is 14.7. The van der Waals surface area contributed by atoms with Crippen molar-refractivity contribution in [2.45, 2.75) is 23.1 Å². The van der Waals surface area contributed by atoms with Crippen LogP contribution in [0.5, 0.6) is 0 Å². The Morgan fingerprint density at radius 1 is 1.19 bits per heavy atom. The molecule has 0 radical (unpaired) electrons. The number of aromatic nitrogens is 2. The van der Waals surface area contributed by atoms with Gasteiger partial charge in [-0.3, -0.25) is 4.79 Å². The summed E-state index contributed by atoms with van der Waals surface area (Å²) in [4.78, 5) is 12.4. The molecule has 2 aromatic carbocycles. The molecule has 0 unspecified atom stereocenters. The summed E-state index contributed by atoms with van der Waals surface area (Å²) in [6, 6.07) is 15.0. The fraction of sp³-hybridized carbons (Fsp3) is 0.167. The van der Waals surface area contributed by atoms with E-state index in [1.54, 1.807) is 18.2 Å². The van der Waals surface area contributed by atoms with Crippen LogP contribution in [0.2, 0.25) is 10.0 Å². The average molecular weight is 439 g/mol. The third kappa shape index (κ3) is 5.84. The van der Waals surface area contributed by atoms with Gasteiger partial charge in [0.25, 0.3) is 0 Å². The van der Waals surface area contributed by atoms with Crippen LogP contribution in [0.25, 0.3) is 0 Å². The lowest BCUT2D eigenvalue weighted by atomic mass is 10.2. The van der Waals surface area contributed by atoms with Gasteiger partial charge in [0.05, 0.1) is 16.0 Å². The minimum absolute atomic E-state index is 0.168. The number of nitrogens with one attached hydrogen (secondary N) is 2. The molecular weight excluding hydrogens is 423 g/mol. The maximum Gasteiger partial charge on any atom is 0.237 e. The number of hydrogen-bond acceptors (Lipinski definition) is 6. The summed E-state index contributed by atoms with van der Waals surface area (Å²) in [6.45, 7) is 2.48. The van der Waals surface area contributed by atoms with Crippen LogP contribution in [0.4, 0.5) is 10.8 Å². The first-order valence-electron chi connectivity index (χ1n) is 8.05. The van der Waals surface area contributed by atoms with Gasteiger partial charge in [-0.25, -0.2) is 0 Å². The summed E-state index contributed by atoms with van der Waals surface area (Å²) < 4.78 is 0.718. The Balaban J connectivity index is 1.53. The molecule has 140 valence electrons. The van der Waals surface area contributed by atoms with Crippen molar-refractivity contribution in [1.29, 1.82) is 0 Å². The molecule has 1 aromatic heterocycles. The van der Waals surface area contributed by atoms with Gasteiger partial charge in [0.2, 0.25) is 11.0 Å². The molecule has 27 heavy (non-hydrogen) atoms. The standard InChI is InChI=1S/C18H16Cl2N4OS2/c1-11(16(25)22-15-8-7-13(19)9-14(15)20)26-18-24-23-17(27-18)21-10-12-5-3-2-4-6-12/h2-9,11H,10H2,1H3,(H,21,23)(H,22,25)/t11-/m1/s1. The largest absolute Gasteiger partial charge is 0.356 e. The highest BCUT2D eigenvalue weighted by Gasteiger charge is 2.18. The predicted octanol–water partition coefficient (Wildman–Crippen LogP) is 5.58. The first-order chi connectivity index (χ1) is 13.0. The predicted molar refractivity (Wildman–Crippen MR) is 114 cm³/mol. The highest BCUT2D eigenvalue weighted by Crippen LogP contribution is 2.31. The second kappa shape index (κ2) is 9.41. The van der Waals surface area contributed by atoms with Gasteiger partial charge in [-0.2, -0.15) is 0 Å². The number of benzene rings is 2. The molecule has 3 rings (SSSR count). The fourth-order valence-electron chi connectivity index (χ4n) is 2.13. The SMILES string of the molecule is C[C@@H](Sc1nnc(NCc2ccccc2)s1)C(=O)Nc1ccc(Cl)cc1Cl. The number of thioether (sulfide) groups is 1. The van der Waals surface area contributed by atoms with Crippen molar-refractivity contribution in [3.05, 3.63) is 64.1 Å². The highest BCUT2D eigenvalue weighted by molar-refractivity contribution is 8.02. The molecule has 0 bridgehead atoms. The summed E-state index contributed by atoms with van der Waals surface area (Å²) in [7, 11) is 0. The van der Waals surface area contributed by atoms with E-state index in [2.05, 4.69) is 20.8 Å². The molecule has 0 saturated carbocycles. The average Bonchev–Trinajstić information content (AvgIpc) is 3.10. The number of carbonyl (C=O) groups is 1. The van der Waals surface area contributed by atoms with Crippen LogP contribution in [-0.4, -0.2) is 21.4 Å². The van der Waals surface area contributed by atoms with Crippen LogP contribution in [0.15, 0.2) is 52.9 Å². The van der Waals surface area contributed by atoms with Gasteiger partial charge in [0, 0.05) is 11.6 Å². The Morgan fingerprint density at radius 3 is 2.70 bits per heavy atom. The molecular formula is C18H16Cl2N4OS2. The Kier molecular flexibility index (Phi) is 6.95. The summed E-state index contributed by atoms with van der Waals surface area (Å²) in [5, 5.41) is 15.6. The molecule has 3 aromatic rings. The summed E-state index contributed by atoms with van der Waals surface area (Å²) in [5.41, 5.74) is 1.69. The van der Waals surface area contributed by atoms with Crippen LogP contribution in [-0.2, 0) is 11.3 Å². The molecule has 0 fully saturated rings. The van der Waals surface area contributed by atoms with Crippen molar-refractivity contribution in [3.63, 3.8) is 0 Å². The molecule has 1 heterocycles. The Bertz CT molecular complexity index is 921. The van der Waals surface area contributed by atoms with Gasteiger partial charge in [0.15, 0.2) is 4.34 Å². The summed E-state index contributed by atoms with van der Waals surface area (Å²) in [6.07, 6.45) is 0. The van der Waals surface area contributed by atoms with Gasteiger partial charge in [-0.1, -0.05) is 76.6 Å². The van der Waals surface area contributed by atoms with Crippen molar-refractivity contribution in [2.75, 3.05) is 10.6 Å². The van der Waals surface area contributed by atoms with E-state index in [0.29, 0.717) is 22.3 Å². The lowest BCUT2D eigenvalue weighted by Crippen LogP contribution is -2.22. The number of nitrogens with zero attached hydrogens (tertiary/aromatic N) is 2. The topological polar surface area (TPSA) is 66.9 Å². The Labute approximate surface area is 175 Å². The number of amides is 1.